The molecule has 0 aliphatic carbocycles. The molecular weight excluding hydrogens is 193 g/mol. The predicted octanol–water partition coefficient (Wildman–Crippen LogP) is 0.701. The fraction of sp³-hybridized carbons (Fsp3) is 0. The van der Waals surface area contributed by atoms with Crippen LogP contribution >= 0.6 is 0 Å². The fourth-order valence-electron chi connectivity index (χ4n) is 0.313. The van der Waals surface area contributed by atoms with E-state index in [0.717, 1.165) is 0 Å². The van der Waals surface area contributed by atoms with Gasteiger partial charge in [0.05, 0.1) is 0 Å². The number of pyridine rings is 1. The molecule has 0 N–H and O–H groups in total. The van der Waals surface area contributed by atoms with E-state index < -0.39 is 0 Å². The minimum absolute atomic E-state index is 0. The average Bonchev–Trinajstić information content (AvgIpc) is 1.72. The van der Waals surface area contributed by atoms with Crippen molar-refractivity contribution >= 4 is 23.9 Å². The smallest absolute Gasteiger partial charge is 0.0267 e. The van der Waals surface area contributed by atoms with Crippen LogP contribution in [0.5, 0.6) is 0 Å². The van der Waals surface area contributed by atoms with Gasteiger partial charge in [0.1, 0.15) is 0 Å². The minimum Gasteiger partial charge on any atom is -0.265 e. The van der Waals surface area contributed by atoms with Crippen LogP contribution in [-0.2, 0) is 0 Å². The molecule has 0 bridgehead atoms. The number of aromatic nitrogens is 1. The quantitative estimate of drug-likeness (QED) is 0.559. The number of nitrogens with zero attached hydrogens (tertiary/aromatic N) is 1. The van der Waals surface area contributed by atoms with E-state index >= 15 is 0 Å². The van der Waals surface area contributed by atoms with Gasteiger partial charge in [0, 0.05) is 36.3 Å². The Hall–Kier alpha value is -0.0513. The molecule has 0 amide bonds. The van der Waals surface area contributed by atoms with Gasteiger partial charge in [-0.1, -0.05) is 6.07 Å². The maximum absolute atomic E-state index is 3.78. The molecule has 0 spiro atoms. The Morgan fingerprint density at radius 1 is 0.857 bits per heavy atom. The molecule has 0 fully saturated rings. The van der Waals surface area contributed by atoms with Gasteiger partial charge in [0.15, 0.2) is 0 Å². The van der Waals surface area contributed by atoms with Gasteiger partial charge < -0.3 is 0 Å². The zero-order chi connectivity index (χ0) is 4.24. The van der Waals surface area contributed by atoms with Gasteiger partial charge in [-0.25, -0.2) is 0 Å². The van der Waals surface area contributed by atoms with Crippen LogP contribution in [0.3, 0.4) is 0 Å². The maximum Gasteiger partial charge on any atom is 0.0267 e. The average molecular weight is 198 g/mol. The van der Waals surface area contributed by atoms with Gasteiger partial charge in [0.2, 0.25) is 0 Å². The Morgan fingerprint density at radius 3 is 1.57 bits per heavy atom. The third-order valence-corrected chi connectivity index (χ3v) is 0.566. The molecule has 0 saturated heterocycles. The summed E-state index contributed by atoms with van der Waals surface area (Å²) in [5.41, 5.74) is 0. The number of hydrogen-bond acceptors (Lipinski definition) is 1. The summed E-state index contributed by atoms with van der Waals surface area (Å²) in [5, 5.41) is 0. The molecule has 1 rings (SSSR count). The molecule has 7 heavy (non-hydrogen) atoms. The Kier molecular flexibility index (Phi) is 4.09. The van der Waals surface area contributed by atoms with E-state index in [1.807, 2.05) is 18.2 Å². The second-order valence-electron chi connectivity index (χ2n) is 1.02. The van der Waals surface area contributed by atoms with Gasteiger partial charge in [0.25, 0.3) is 0 Å². The Labute approximate surface area is 59.7 Å². The van der Waals surface area contributed by atoms with Crippen molar-refractivity contribution in [1.82, 2.24) is 4.98 Å². The van der Waals surface area contributed by atoms with Crippen molar-refractivity contribution < 1.29 is 0 Å². The third-order valence-electron chi connectivity index (χ3n) is 0.566. The molecule has 0 aliphatic heterocycles. The van der Waals surface area contributed by atoms with Crippen LogP contribution in [0.2, 0.25) is 0 Å². The molecule has 4 radical (unpaired) electrons. The van der Waals surface area contributed by atoms with Crippen LogP contribution in [0.4, 0.5) is 0 Å². The van der Waals surface area contributed by atoms with Gasteiger partial charge in [-0.05, 0) is 12.1 Å². The van der Waals surface area contributed by atoms with Crippen molar-refractivity contribution in [1.29, 1.82) is 0 Å². The largest absolute Gasteiger partial charge is 0.265 e. The molecule has 0 aromatic carbocycles. The second-order valence-corrected chi connectivity index (χ2v) is 1.02. The first-order chi connectivity index (χ1) is 3.00. The normalized spacial score (nSPS) is 6.86. The van der Waals surface area contributed by atoms with E-state index in [1.165, 1.54) is 0 Å². The Bertz CT molecular complexity index is 80.0. The summed E-state index contributed by atoms with van der Waals surface area (Å²) in [6.45, 7) is 0. The minimum atomic E-state index is 0. The summed E-state index contributed by atoms with van der Waals surface area (Å²) in [5.74, 6) is 0. The van der Waals surface area contributed by atoms with Crippen LogP contribution in [0.15, 0.2) is 30.6 Å². The topological polar surface area (TPSA) is 12.9 Å². The maximum atomic E-state index is 3.78. The number of hydrogen-bond donors (Lipinski definition) is 0. The summed E-state index contributed by atoms with van der Waals surface area (Å²) in [4.78, 5) is 3.78. The van der Waals surface area contributed by atoms with Crippen LogP contribution < -0.4 is 0 Å². The van der Waals surface area contributed by atoms with Gasteiger partial charge >= 0.3 is 0 Å². The van der Waals surface area contributed by atoms with Crippen molar-refractivity contribution in [2.45, 2.75) is 0 Å². The molecular formula is C5H5NSn. The first-order valence-corrected chi connectivity index (χ1v) is 1.85. The number of rotatable bonds is 0. The molecule has 0 aliphatic rings. The summed E-state index contributed by atoms with van der Waals surface area (Å²) >= 11 is 0. The van der Waals surface area contributed by atoms with Gasteiger partial charge in [-0.3, -0.25) is 4.98 Å². The summed E-state index contributed by atoms with van der Waals surface area (Å²) < 4.78 is 0. The van der Waals surface area contributed by atoms with Crippen molar-refractivity contribution in [3.05, 3.63) is 30.6 Å². The monoisotopic (exact) mass is 199 g/mol. The van der Waals surface area contributed by atoms with E-state index in [-0.39, 0.29) is 23.9 Å². The molecule has 0 saturated carbocycles. The molecule has 1 nitrogen and oxygen atoms in total. The standard InChI is InChI=1S/C5H5N.Sn/c1-2-4-6-5-3-1;/h1-5H;. The van der Waals surface area contributed by atoms with E-state index in [1.54, 1.807) is 12.4 Å². The van der Waals surface area contributed by atoms with Crippen molar-refractivity contribution in [2.75, 3.05) is 0 Å². The van der Waals surface area contributed by atoms with Crippen molar-refractivity contribution in [2.24, 2.45) is 0 Å². The van der Waals surface area contributed by atoms with Crippen molar-refractivity contribution in [3.8, 4) is 0 Å². The summed E-state index contributed by atoms with van der Waals surface area (Å²) in [6.07, 6.45) is 3.50. The molecule has 1 aromatic rings. The molecule has 0 atom stereocenters. The van der Waals surface area contributed by atoms with Crippen LogP contribution in [0.1, 0.15) is 0 Å². The van der Waals surface area contributed by atoms with E-state index in [2.05, 4.69) is 4.98 Å². The molecule has 34 valence electrons. The van der Waals surface area contributed by atoms with E-state index in [9.17, 15) is 0 Å². The molecule has 2 heteroatoms. The molecule has 1 heterocycles. The Morgan fingerprint density at radius 2 is 1.43 bits per heavy atom. The molecule has 0 unspecified atom stereocenters. The SMILES string of the molecule is [Sn].c1ccncc1. The first-order valence-electron chi connectivity index (χ1n) is 1.85. The van der Waals surface area contributed by atoms with Crippen LogP contribution in [-0.4, -0.2) is 28.9 Å². The Balaban J connectivity index is 0.000000360. The summed E-state index contributed by atoms with van der Waals surface area (Å²) in [6, 6.07) is 5.72. The second kappa shape index (κ2) is 4.12. The fourth-order valence-corrected chi connectivity index (χ4v) is 0.313. The van der Waals surface area contributed by atoms with Crippen LogP contribution in [0.25, 0.3) is 0 Å². The van der Waals surface area contributed by atoms with E-state index in [4.69, 9.17) is 0 Å². The van der Waals surface area contributed by atoms with Gasteiger partial charge in [-0.15, -0.1) is 0 Å². The van der Waals surface area contributed by atoms with Crippen LogP contribution in [0, 0.1) is 0 Å². The third kappa shape index (κ3) is 2.62. The summed E-state index contributed by atoms with van der Waals surface area (Å²) in [7, 11) is 0. The first kappa shape index (κ1) is 6.95. The predicted molar refractivity (Wildman–Crippen MR) is 30.0 cm³/mol. The molecule has 1 aromatic heterocycles. The zero-order valence-corrected chi connectivity index (χ0v) is 6.69. The van der Waals surface area contributed by atoms with Gasteiger partial charge in [-0.2, -0.15) is 0 Å². The van der Waals surface area contributed by atoms with E-state index in [0.29, 0.717) is 0 Å². The zero-order valence-electron chi connectivity index (χ0n) is 3.83. The van der Waals surface area contributed by atoms with Crippen molar-refractivity contribution in [3.63, 3.8) is 0 Å².